The Morgan fingerprint density at radius 2 is 1.65 bits per heavy atom. The lowest BCUT2D eigenvalue weighted by atomic mass is 10.2. The molecule has 190 valence electrons. The van der Waals surface area contributed by atoms with Gasteiger partial charge in [-0.25, -0.2) is 9.59 Å². The number of H-pyrrole nitrogens is 1. The maximum atomic E-state index is 12.5. The third kappa shape index (κ3) is 6.07. The molecule has 0 bridgehead atoms. The number of carboxylic acids is 1. The fourth-order valence-corrected chi connectivity index (χ4v) is 4.92. The van der Waals surface area contributed by atoms with E-state index in [-0.39, 0.29) is 24.8 Å². The second-order valence-electron chi connectivity index (χ2n) is 9.18. The highest BCUT2D eigenvalue weighted by Crippen LogP contribution is 2.24. The zero-order valence-electron chi connectivity index (χ0n) is 19.7. The van der Waals surface area contributed by atoms with Gasteiger partial charge >= 0.3 is 17.8 Å². The summed E-state index contributed by atoms with van der Waals surface area (Å²) >= 11 is 0. The van der Waals surface area contributed by atoms with Gasteiger partial charge in [0.1, 0.15) is 0 Å². The lowest BCUT2D eigenvalue weighted by molar-refractivity contribution is -0.137. The largest absolute Gasteiger partial charge is 0.481 e. The summed E-state index contributed by atoms with van der Waals surface area (Å²) in [6.07, 6.45) is 1.56. The number of amides is 1. The van der Waals surface area contributed by atoms with Crippen molar-refractivity contribution in [3.63, 3.8) is 0 Å². The number of aromatic amines is 1. The molecule has 1 aromatic heterocycles. The van der Waals surface area contributed by atoms with Crippen LogP contribution < -0.4 is 10.7 Å². The van der Waals surface area contributed by atoms with E-state index in [1.165, 1.54) is 0 Å². The number of hydrogen-bond acceptors (Lipinski definition) is 10. The van der Waals surface area contributed by atoms with Gasteiger partial charge in [-0.05, 0) is 31.5 Å². The lowest BCUT2D eigenvalue weighted by Gasteiger charge is -2.38. The number of aliphatic carboxylic acids is 1. The zero-order valence-corrected chi connectivity index (χ0v) is 19.7. The molecule has 0 aliphatic carbocycles. The highest BCUT2D eigenvalue weighted by molar-refractivity contribution is 5.70. The number of carbonyl (C=O) groups excluding carboxylic acids is 1. The van der Waals surface area contributed by atoms with E-state index in [0.29, 0.717) is 19.0 Å². The summed E-state index contributed by atoms with van der Waals surface area (Å²) in [6, 6.07) is -0.00812. The fraction of sp³-hybridized carbons (Fsp3) is 0.810. The van der Waals surface area contributed by atoms with E-state index in [1.807, 2.05) is 16.7 Å². The van der Waals surface area contributed by atoms with Gasteiger partial charge in [0.15, 0.2) is 6.23 Å². The van der Waals surface area contributed by atoms with Crippen LogP contribution in [0.25, 0.3) is 0 Å². The van der Waals surface area contributed by atoms with Crippen LogP contribution in [0.1, 0.15) is 26.2 Å². The number of hydrogen-bond donors (Lipinski definition) is 2. The number of carbonyl (C=O) groups is 2. The number of nitrogens with one attached hydrogen (secondary N) is 1. The van der Waals surface area contributed by atoms with Gasteiger partial charge in [0.2, 0.25) is 5.95 Å². The molecule has 2 N–H and O–H groups in total. The molecule has 0 spiro atoms. The molecule has 3 aliphatic rings. The first kappa shape index (κ1) is 24.5. The molecule has 4 heterocycles. The SMILES string of the molecule is CC1C(N2CCN(CCC(=O)O)CC2)OC(=O)N1CCCCN1CCN(c2noc(=O)[nH]2)CC1. The second kappa shape index (κ2) is 11.2. The summed E-state index contributed by atoms with van der Waals surface area (Å²) in [5.74, 6) is -0.822. The van der Waals surface area contributed by atoms with E-state index in [4.69, 9.17) is 9.84 Å². The van der Waals surface area contributed by atoms with Gasteiger partial charge in [-0.15, -0.1) is 0 Å². The lowest BCUT2D eigenvalue weighted by Crippen LogP contribution is -2.53. The summed E-state index contributed by atoms with van der Waals surface area (Å²) < 4.78 is 10.3. The zero-order chi connectivity index (χ0) is 24.1. The number of aromatic nitrogens is 2. The quantitative estimate of drug-likeness (QED) is 0.419. The molecule has 13 heteroatoms. The number of cyclic esters (lactones) is 1. The fourth-order valence-electron chi connectivity index (χ4n) is 4.92. The van der Waals surface area contributed by atoms with Gasteiger partial charge in [-0.2, -0.15) is 0 Å². The first-order valence-corrected chi connectivity index (χ1v) is 12.1. The Labute approximate surface area is 198 Å². The van der Waals surface area contributed by atoms with Crippen LogP contribution in [0.15, 0.2) is 9.32 Å². The van der Waals surface area contributed by atoms with Crippen molar-refractivity contribution in [1.29, 1.82) is 0 Å². The molecular weight excluding hydrogens is 446 g/mol. The highest BCUT2D eigenvalue weighted by Gasteiger charge is 2.42. The van der Waals surface area contributed by atoms with Crippen LogP contribution in [0.3, 0.4) is 0 Å². The standard InChI is InChI=1S/C21H35N7O6/c1-16-18(26-12-8-25(9-13-26)7-4-17(29)30)33-21(32)28(16)6-3-2-5-24-10-14-27(15-11-24)19-22-20(31)34-23-19/h16,18H,2-15H2,1H3,(H,29,30)(H,22,23,31). The van der Waals surface area contributed by atoms with Crippen molar-refractivity contribution >= 4 is 18.0 Å². The normalized spacial score (nSPS) is 25.1. The van der Waals surface area contributed by atoms with Crippen molar-refractivity contribution in [2.24, 2.45) is 0 Å². The molecule has 4 rings (SSSR count). The van der Waals surface area contributed by atoms with Crippen LogP contribution in [0.2, 0.25) is 0 Å². The summed E-state index contributed by atoms with van der Waals surface area (Å²) in [5, 5.41) is 12.6. The van der Waals surface area contributed by atoms with E-state index in [1.54, 1.807) is 0 Å². The topological polar surface area (TPSA) is 139 Å². The second-order valence-corrected chi connectivity index (χ2v) is 9.18. The number of unbranched alkanes of at least 4 members (excludes halogenated alkanes) is 1. The van der Waals surface area contributed by atoms with Crippen LogP contribution in [0, 0.1) is 0 Å². The van der Waals surface area contributed by atoms with Gasteiger partial charge in [-0.3, -0.25) is 24.1 Å². The van der Waals surface area contributed by atoms with E-state index < -0.39 is 11.7 Å². The minimum absolute atomic E-state index is 0.00812. The van der Waals surface area contributed by atoms with Crippen LogP contribution in [0.5, 0.6) is 0 Å². The van der Waals surface area contributed by atoms with Gasteiger partial charge in [0.05, 0.1) is 12.5 Å². The minimum Gasteiger partial charge on any atom is -0.481 e. The van der Waals surface area contributed by atoms with Crippen molar-refractivity contribution in [1.82, 2.24) is 29.7 Å². The average Bonchev–Trinajstić information content (AvgIpc) is 3.39. The summed E-state index contributed by atoms with van der Waals surface area (Å²) in [6.45, 7) is 10.7. The molecule has 3 fully saturated rings. The van der Waals surface area contributed by atoms with Gasteiger partial charge in [0, 0.05) is 65.4 Å². The van der Waals surface area contributed by atoms with Crippen molar-refractivity contribution in [3.05, 3.63) is 10.6 Å². The molecule has 0 radical (unpaired) electrons. The first-order chi connectivity index (χ1) is 16.4. The minimum atomic E-state index is -0.775. The Hall–Kier alpha value is -2.64. The summed E-state index contributed by atoms with van der Waals surface area (Å²) in [5.41, 5.74) is 0. The molecule has 34 heavy (non-hydrogen) atoms. The Kier molecular flexibility index (Phi) is 8.06. The predicted octanol–water partition coefficient (Wildman–Crippen LogP) is -0.476. The molecule has 3 saturated heterocycles. The van der Waals surface area contributed by atoms with Crippen LogP contribution in [0.4, 0.5) is 10.7 Å². The van der Waals surface area contributed by atoms with Gasteiger partial charge < -0.3 is 24.5 Å². The Morgan fingerprint density at radius 3 is 2.29 bits per heavy atom. The Morgan fingerprint density at radius 1 is 1.00 bits per heavy atom. The average molecular weight is 482 g/mol. The molecule has 13 nitrogen and oxygen atoms in total. The van der Waals surface area contributed by atoms with Crippen LogP contribution in [-0.2, 0) is 9.53 Å². The maximum Gasteiger partial charge on any atom is 0.440 e. The molecule has 1 amide bonds. The monoisotopic (exact) mass is 481 g/mol. The highest BCUT2D eigenvalue weighted by atomic mass is 16.6. The molecular formula is C21H35N7O6. The number of piperazine rings is 2. The third-order valence-corrected chi connectivity index (χ3v) is 6.99. The Bertz CT molecular complexity index is 875. The molecule has 2 atom stereocenters. The maximum absolute atomic E-state index is 12.5. The third-order valence-electron chi connectivity index (χ3n) is 6.99. The van der Waals surface area contributed by atoms with Gasteiger partial charge in [-0.1, -0.05) is 0 Å². The summed E-state index contributed by atoms with van der Waals surface area (Å²) in [4.78, 5) is 47.5. The van der Waals surface area contributed by atoms with Crippen molar-refractivity contribution in [3.8, 4) is 0 Å². The van der Waals surface area contributed by atoms with Crippen molar-refractivity contribution in [2.75, 3.05) is 76.9 Å². The molecule has 0 aromatic carbocycles. The number of rotatable bonds is 10. The Balaban J connectivity index is 1.13. The van der Waals surface area contributed by atoms with E-state index >= 15 is 0 Å². The predicted molar refractivity (Wildman–Crippen MR) is 122 cm³/mol. The molecule has 1 aromatic rings. The van der Waals surface area contributed by atoms with Crippen molar-refractivity contribution < 1.29 is 24.0 Å². The van der Waals surface area contributed by atoms with Crippen LogP contribution >= 0.6 is 0 Å². The van der Waals surface area contributed by atoms with Crippen LogP contribution in [-0.4, -0.2) is 131 Å². The number of anilines is 1. The molecule has 3 aliphatic heterocycles. The van der Waals surface area contributed by atoms with Gasteiger partial charge in [0.25, 0.3) is 0 Å². The first-order valence-electron chi connectivity index (χ1n) is 12.1. The van der Waals surface area contributed by atoms with E-state index in [2.05, 4.69) is 29.4 Å². The van der Waals surface area contributed by atoms with E-state index in [0.717, 1.165) is 71.7 Å². The smallest absolute Gasteiger partial charge is 0.440 e. The molecule has 0 saturated carbocycles. The van der Waals surface area contributed by atoms with Crippen molar-refractivity contribution in [2.45, 2.75) is 38.5 Å². The number of nitrogens with zero attached hydrogens (tertiary/aromatic N) is 6. The number of carboxylic acid groups (broad SMARTS) is 1. The van der Waals surface area contributed by atoms with E-state index in [9.17, 15) is 14.4 Å². The molecule has 2 unspecified atom stereocenters. The number of ether oxygens (including phenoxy) is 1. The summed E-state index contributed by atoms with van der Waals surface area (Å²) in [7, 11) is 0.